The quantitative estimate of drug-likeness (QED) is 0.357. The van der Waals surface area contributed by atoms with Crippen molar-refractivity contribution >= 4 is 23.1 Å². The van der Waals surface area contributed by atoms with Crippen molar-refractivity contribution in [1.29, 1.82) is 0 Å². The van der Waals surface area contributed by atoms with Gasteiger partial charge in [-0.15, -0.1) is 0 Å². The number of halogens is 2. The fourth-order valence-electron chi connectivity index (χ4n) is 0. The van der Waals surface area contributed by atoms with Gasteiger partial charge in [-0.3, -0.25) is 0 Å². The summed E-state index contributed by atoms with van der Waals surface area (Å²) in [6.45, 7) is 0. The van der Waals surface area contributed by atoms with E-state index in [-0.39, 0.29) is 47.9 Å². The van der Waals surface area contributed by atoms with E-state index in [9.17, 15) is 0 Å². The van der Waals surface area contributed by atoms with Gasteiger partial charge in [0.1, 0.15) is 0 Å². The van der Waals surface area contributed by atoms with Crippen molar-refractivity contribution in [1.82, 2.24) is 0 Å². The topological polar surface area (TPSA) is 17.1 Å². The second-order valence-electron chi connectivity index (χ2n) is 0. The average molecular weight is 202 g/mol. The van der Waals surface area contributed by atoms with E-state index in [1.54, 1.807) is 0 Å². The zero-order valence-electron chi connectivity index (χ0n) is 2.37. The SMILES string of the molecule is [Cl-].[Cl-].[Mg+2].[O]=[Zr]. The first-order valence-electron chi connectivity index (χ1n) is 0.204. The average Bonchev–Trinajstić information content (AvgIpc) is 1.00. The zero-order valence-corrected chi connectivity index (χ0v) is 7.76. The predicted octanol–water partition coefficient (Wildman–Crippen LogP) is -6.49. The molecule has 0 rings (SSSR count). The third-order valence-electron chi connectivity index (χ3n) is 0. The van der Waals surface area contributed by atoms with E-state index in [1.165, 1.54) is 0 Å². The van der Waals surface area contributed by atoms with E-state index in [0.29, 0.717) is 24.7 Å². The molecule has 0 spiro atoms. The molecule has 0 heterocycles. The molecule has 0 aliphatic heterocycles. The van der Waals surface area contributed by atoms with Gasteiger partial charge in [-0.25, -0.2) is 0 Å². The van der Waals surface area contributed by atoms with Crippen LogP contribution in [0.25, 0.3) is 0 Å². The van der Waals surface area contributed by atoms with E-state index in [1.807, 2.05) is 0 Å². The summed E-state index contributed by atoms with van der Waals surface area (Å²) in [7, 11) is 0. The van der Waals surface area contributed by atoms with E-state index >= 15 is 0 Å². The van der Waals surface area contributed by atoms with Crippen molar-refractivity contribution in [2.24, 2.45) is 0 Å². The molecule has 0 N–H and O–H groups in total. The zero-order chi connectivity index (χ0) is 2.00. The first-order valence-corrected chi connectivity index (χ1v) is 1.21. The monoisotopic (exact) mass is 200 g/mol. The van der Waals surface area contributed by atoms with Crippen molar-refractivity contribution in [3.8, 4) is 0 Å². The van der Waals surface area contributed by atoms with Crippen LogP contribution in [0.4, 0.5) is 0 Å². The van der Waals surface area contributed by atoms with E-state index in [2.05, 4.69) is 0 Å². The molecule has 0 aromatic heterocycles. The molecule has 0 amide bonds. The van der Waals surface area contributed by atoms with Gasteiger partial charge in [0.05, 0.1) is 0 Å². The minimum absolute atomic E-state index is 0. The van der Waals surface area contributed by atoms with Crippen molar-refractivity contribution in [2.45, 2.75) is 0 Å². The molecule has 0 radical (unpaired) electrons. The Hall–Kier alpha value is 2.03. The molecule has 0 aliphatic rings. The Morgan fingerprint density at radius 2 is 1.00 bits per heavy atom. The Kier molecular flexibility index (Phi) is 206. The number of rotatable bonds is 0. The number of hydrogen-bond donors (Lipinski definition) is 0. The summed E-state index contributed by atoms with van der Waals surface area (Å²) in [6, 6.07) is 0. The molecule has 0 aromatic carbocycles. The van der Waals surface area contributed by atoms with Crippen molar-refractivity contribution in [3.05, 3.63) is 0 Å². The molecule has 0 saturated heterocycles. The van der Waals surface area contributed by atoms with Crippen molar-refractivity contribution in [2.75, 3.05) is 0 Å². The van der Waals surface area contributed by atoms with Crippen LogP contribution in [-0.2, 0) is 27.5 Å². The first kappa shape index (κ1) is 27.8. The standard InChI is InChI=1S/2ClH.Mg.O.Zr/h2*1H;;;/q;;+2;;/p-2. The van der Waals surface area contributed by atoms with Crippen LogP contribution in [-0.4, -0.2) is 23.1 Å². The molecule has 5 heavy (non-hydrogen) atoms. The van der Waals surface area contributed by atoms with Gasteiger partial charge in [-0.2, -0.15) is 0 Å². The molecule has 0 bridgehead atoms. The fourth-order valence-corrected chi connectivity index (χ4v) is 0. The molecule has 0 aromatic rings. The normalized spacial score (nSPS) is 0.600. The van der Waals surface area contributed by atoms with Crippen LogP contribution in [0.5, 0.6) is 0 Å². The van der Waals surface area contributed by atoms with Crippen molar-refractivity contribution < 1.29 is 52.4 Å². The van der Waals surface area contributed by atoms with Crippen LogP contribution in [0, 0.1) is 0 Å². The molecule has 0 aliphatic carbocycles. The summed E-state index contributed by atoms with van der Waals surface area (Å²) in [5, 5.41) is 0. The summed E-state index contributed by atoms with van der Waals surface area (Å²) >= 11 is 0.300. The second kappa shape index (κ2) is 37.0. The van der Waals surface area contributed by atoms with E-state index < -0.39 is 0 Å². The van der Waals surface area contributed by atoms with Gasteiger partial charge < -0.3 is 24.8 Å². The maximum absolute atomic E-state index is 8.34. The second-order valence-corrected chi connectivity index (χ2v) is 0. The molecule has 0 unspecified atom stereocenters. The van der Waals surface area contributed by atoms with Gasteiger partial charge in [-0.1, -0.05) is 0 Å². The van der Waals surface area contributed by atoms with Crippen LogP contribution in [0.2, 0.25) is 0 Å². The number of hydrogen-bond acceptors (Lipinski definition) is 1. The van der Waals surface area contributed by atoms with Crippen LogP contribution in [0.15, 0.2) is 0 Å². The predicted molar refractivity (Wildman–Crippen MR) is 6.44 cm³/mol. The van der Waals surface area contributed by atoms with Crippen LogP contribution in [0.1, 0.15) is 0 Å². The summed E-state index contributed by atoms with van der Waals surface area (Å²) < 4.78 is 8.34. The molecule has 0 saturated carbocycles. The molecular weight excluding hydrogens is 202 g/mol. The summed E-state index contributed by atoms with van der Waals surface area (Å²) in [6.07, 6.45) is 0. The molecular formula is Cl2MgOZr. The summed E-state index contributed by atoms with van der Waals surface area (Å²) in [5.41, 5.74) is 0. The summed E-state index contributed by atoms with van der Waals surface area (Å²) in [4.78, 5) is 0. The summed E-state index contributed by atoms with van der Waals surface area (Å²) in [5.74, 6) is 0. The molecule has 0 atom stereocenters. The Labute approximate surface area is 74.5 Å². The third kappa shape index (κ3) is 23.8. The van der Waals surface area contributed by atoms with Gasteiger partial charge in [-0.05, 0) is 0 Å². The Bertz CT molecular complexity index is 9.61. The van der Waals surface area contributed by atoms with Crippen LogP contribution < -0.4 is 24.8 Å². The third-order valence-corrected chi connectivity index (χ3v) is 0. The van der Waals surface area contributed by atoms with Crippen LogP contribution in [0.3, 0.4) is 0 Å². The first-order chi connectivity index (χ1) is 1.00. The van der Waals surface area contributed by atoms with Gasteiger partial charge in [0, 0.05) is 0 Å². The Balaban J connectivity index is -0.00000000167. The van der Waals surface area contributed by atoms with Gasteiger partial charge in [0.25, 0.3) is 0 Å². The maximum atomic E-state index is 8.34. The van der Waals surface area contributed by atoms with Gasteiger partial charge in [0.15, 0.2) is 0 Å². The van der Waals surface area contributed by atoms with Crippen molar-refractivity contribution in [3.63, 3.8) is 0 Å². The van der Waals surface area contributed by atoms with Gasteiger partial charge in [0.2, 0.25) is 0 Å². The fraction of sp³-hybridized carbons (Fsp3) is 0. The van der Waals surface area contributed by atoms with Gasteiger partial charge >= 0.3 is 50.6 Å². The Morgan fingerprint density at radius 3 is 1.00 bits per heavy atom. The van der Waals surface area contributed by atoms with Crippen LogP contribution >= 0.6 is 0 Å². The Morgan fingerprint density at radius 1 is 1.00 bits per heavy atom. The molecule has 26 valence electrons. The van der Waals surface area contributed by atoms with E-state index in [4.69, 9.17) is 2.81 Å². The molecule has 5 heteroatoms. The van der Waals surface area contributed by atoms with E-state index in [0.717, 1.165) is 0 Å². The molecule has 0 fully saturated rings. The molecule has 1 nitrogen and oxygen atoms in total. The minimum atomic E-state index is 0.